The Morgan fingerprint density at radius 3 is 2.52 bits per heavy atom. The summed E-state index contributed by atoms with van der Waals surface area (Å²) in [5, 5.41) is 11.2. The van der Waals surface area contributed by atoms with E-state index in [0.29, 0.717) is 6.42 Å². The molecule has 8 heteroatoms. The maximum Gasteiger partial charge on any atom is 0.334 e. The minimum absolute atomic E-state index is 0.0847. The molecule has 3 aliphatic heterocycles. The van der Waals surface area contributed by atoms with Crippen molar-refractivity contribution in [2.75, 3.05) is 0 Å². The summed E-state index contributed by atoms with van der Waals surface area (Å²) in [6.45, 7) is 12.1. The van der Waals surface area contributed by atoms with Crippen LogP contribution in [0.5, 0.6) is 0 Å². The lowest BCUT2D eigenvalue weighted by Crippen LogP contribution is -2.46. The predicted octanol–water partition coefficient (Wildman–Crippen LogP) is 1.88. The maximum absolute atomic E-state index is 12.4. The number of carbonyl (C=O) groups excluding carboxylic acids is 3. The predicted molar refractivity (Wildman–Crippen MR) is 100 cm³/mol. The van der Waals surface area contributed by atoms with E-state index in [2.05, 4.69) is 6.58 Å². The number of carbonyl (C=O) groups is 3. The van der Waals surface area contributed by atoms with Crippen molar-refractivity contribution in [3.05, 3.63) is 12.2 Å². The van der Waals surface area contributed by atoms with Crippen LogP contribution in [-0.4, -0.2) is 52.7 Å². The number of rotatable bonds is 3. The fraction of sp³-hybridized carbons (Fsp3) is 0.762. The molecule has 0 aromatic carbocycles. The molecule has 7 atom stereocenters. The summed E-state index contributed by atoms with van der Waals surface area (Å²) >= 11 is 0. The van der Waals surface area contributed by atoms with Crippen molar-refractivity contribution in [2.45, 2.75) is 83.6 Å². The highest BCUT2D eigenvalue weighted by atomic mass is 16.7. The molecule has 3 heterocycles. The smallest absolute Gasteiger partial charge is 0.334 e. The van der Waals surface area contributed by atoms with Gasteiger partial charge in [-0.1, -0.05) is 27.4 Å². The molecule has 3 rings (SSSR count). The molecule has 162 valence electrons. The molecule has 2 bridgehead atoms. The van der Waals surface area contributed by atoms with Gasteiger partial charge in [0, 0.05) is 31.3 Å². The van der Waals surface area contributed by atoms with E-state index in [0.717, 1.165) is 0 Å². The van der Waals surface area contributed by atoms with Crippen molar-refractivity contribution in [2.24, 2.45) is 17.8 Å². The molecule has 0 aromatic heterocycles. The lowest BCUT2D eigenvalue weighted by molar-refractivity contribution is -0.253. The Balaban J connectivity index is 2.03. The Kier molecular flexibility index (Phi) is 5.55. The third-order valence-electron chi connectivity index (χ3n) is 6.30. The van der Waals surface area contributed by atoms with Crippen LogP contribution in [0.25, 0.3) is 0 Å². The van der Waals surface area contributed by atoms with Crippen molar-refractivity contribution in [3.63, 3.8) is 0 Å². The van der Waals surface area contributed by atoms with Crippen LogP contribution in [0, 0.1) is 17.8 Å². The summed E-state index contributed by atoms with van der Waals surface area (Å²) in [5.41, 5.74) is -0.876. The summed E-state index contributed by atoms with van der Waals surface area (Å²) in [5.74, 6) is -4.36. The van der Waals surface area contributed by atoms with E-state index < -0.39 is 59.4 Å². The second-order valence-corrected chi connectivity index (χ2v) is 9.03. The Hall–Kier alpha value is -1.93. The third kappa shape index (κ3) is 3.92. The van der Waals surface area contributed by atoms with Crippen LogP contribution in [0.15, 0.2) is 12.2 Å². The molecule has 0 spiro atoms. The highest BCUT2D eigenvalue weighted by Gasteiger charge is 2.61. The van der Waals surface area contributed by atoms with E-state index in [9.17, 15) is 19.5 Å². The molecular weight excluding hydrogens is 380 g/mol. The fourth-order valence-electron chi connectivity index (χ4n) is 4.60. The van der Waals surface area contributed by atoms with E-state index in [1.165, 1.54) is 6.92 Å². The highest BCUT2D eigenvalue weighted by molar-refractivity contribution is 5.91. The number of ether oxygens (including phenoxy) is 4. The van der Waals surface area contributed by atoms with Gasteiger partial charge in [0.25, 0.3) is 0 Å². The third-order valence-corrected chi connectivity index (χ3v) is 6.30. The van der Waals surface area contributed by atoms with Crippen molar-refractivity contribution in [3.8, 4) is 0 Å². The Morgan fingerprint density at radius 1 is 1.28 bits per heavy atom. The van der Waals surface area contributed by atoms with Gasteiger partial charge in [0.05, 0.1) is 11.8 Å². The van der Waals surface area contributed by atoms with E-state index >= 15 is 0 Å². The maximum atomic E-state index is 12.4. The standard InChI is InChI=1S/C21H30O8/c1-10(2)18(23)28-15-8-20(6)16(26-13(5)22)9-21(25,29-20)11(3)7-14-17(15)12(4)19(24)27-14/h10-11,14-17,25H,4,7-9H2,1-3,5-6H3/t11?,14-,15?,16?,17+,20-,21-/m1/s1. The quantitative estimate of drug-likeness (QED) is 0.427. The topological polar surface area (TPSA) is 108 Å². The van der Waals surface area contributed by atoms with Gasteiger partial charge in [0.15, 0.2) is 5.79 Å². The summed E-state index contributed by atoms with van der Waals surface area (Å²) in [4.78, 5) is 36.3. The average molecular weight is 410 g/mol. The SMILES string of the molecule is C=C1C(=O)O[C@@H]2CC(C)[C@@]3(O)CC(OC(C)=O)[C@@](C)(CC(OC(=O)C(C)C)[C@@H]12)O3. The molecule has 3 unspecified atom stereocenters. The average Bonchev–Trinajstić information content (AvgIpc) is 3.00. The Morgan fingerprint density at radius 2 is 1.93 bits per heavy atom. The van der Waals surface area contributed by atoms with Gasteiger partial charge in [-0.15, -0.1) is 0 Å². The lowest BCUT2D eigenvalue weighted by Gasteiger charge is -2.35. The summed E-state index contributed by atoms with van der Waals surface area (Å²) < 4.78 is 22.9. The highest BCUT2D eigenvalue weighted by Crippen LogP contribution is 2.50. The molecule has 0 radical (unpaired) electrons. The number of fused-ring (bicyclic) bond motifs is 3. The van der Waals surface area contributed by atoms with Crippen LogP contribution in [0.4, 0.5) is 0 Å². The van der Waals surface area contributed by atoms with E-state index in [4.69, 9.17) is 18.9 Å². The number of aliphatic hydroxyl groups is 1. The Bertz CT molecular complexity index is 730. The van der Waals surface area contributed by atoms with Crippen LogP contribution in [0.3, 0.4) is 0 Å². The summed E-state index contributed by atoms with van der Waals surface area (Å²) in [7, 11) is 0. The lowest BCUT2D eigenvalue weighted by atomic mass is 9.77. The first kappa shape index (κ1) is 21.8. The monoisotopic (exact) mass is 410 g/mol. The van der Waals surface area contributed by atoms with Gasteiger partial charge < -0.3 is 24.1 Å². The fourth-order valence-corrected chi connectivity index (χ4v) is 4.60. The van der Waals surface area contributed by atoms with Crippen LogP contribution in [-0.2, 0) is 33.3 Å². The molecule has 3 saturated heterocycles. The molecule has 29 heavy (non-hydrogen) atoms. The first-order valence-electron chi connectivity index (χ1n) is 10.1. The van der Waals surface area contributed by atoms with E-state index in [-0.39, 0.29) is 24.3 Å². The van der Waals surface area contributed by atoms with E-state index in [1.54, 1.807) is 27.7 Å². The van der Waals surface area contributed by atoms with Crippen molar-refractivity contribution in [1.82, 2.24) is 0 Å². The molecule has 0 amide bonds. The zero-order valence-corrected chi connectivity index (χ0v) is 17.6. The van der Waals surface area contributed by atoms with Crippen LogP contribution in [0.1, 0.15) is 53.9 Å². The Labute approximate surface area is 170 Å². The largest absolute Gasteiger partial charge is 0.461 e. The number of hydrogen-bond donors (Lipinski definition) is 1. The molecule has 1 N–H and O–H groups in total. The number of esters is 3. The molecule has 0 aromatic rings. The van der Waals surface area contributed by atoms with Crippen LogP contribution in [0.2, 0.25) is 0 Å². The molecule has 3 fully saturated rings. The van der Waals surface area contributed by atoms with Gasteiger partial charge in [-0.25, -0.2) is 4.79 Å². The minimum Gasteiger partial charge on any atom is -0.461 e. The van der Waals surface area contributed by atoms with Crippen LogP contribution < -0.4 is 0 Å². The van der Waals surface area contributed by atoms with Gasteiger partial charge in [-0.05, 0) is 13.3 Å². The van der Waals surface area contributed by atoms with Crippen LogP contribution >= 0.6 is 0 Å². The molecule has 0 aliphatic carbocycles. The van der Waals surface area contributed by atoms with Gasteiger partial charge in [-0.2, -0.15) is 0 Å². The summed E-state index contributed by atoms with van der Waals surface area (Å²) in [6.07, 6.45) is -1.58. The first-order valence-corrected chi connectivity index (χ1v) is 10.1. The first-order chi connectivity index (χ1) is 13.4. The normalized spacial score (nSPS) is 41.8. The van der Waals surface area contributed by atoms with Crippen molar-refractivity contribution >= 4 is 17.9 Å². The zero-order valence-electron chi connectivity index (χ0n) is 17.6. The second-order valence-electron chi connectivity index (χ2n) is 9.03. The number of hydrogen-bond acceptors (Lipinski definition) is 8. The van der Waals surface area contributed by atoms with Gasteiger partial charge in [-0.3, -0.25) is 9.59 Å². The molecule has 0 saturated carbocycles. The van der Waals surface area contributed by atoms with E-state index in [1.807, 2.05) is 0 Å². The van der Waals surface area contributed by atoms with Crippen molar-refractivity contribution < 1.29 is 38.4 Å². The van der Waals surface area contributed by atoms with Gasteiger partial charge >= 0.3 is 17.9 Å². The van der Waals surface area contributed by atoms with Crippen molar-refractivity contribution in [1.29, 1.82) is 0 Å². The zero-order chi connectivity index (χ0) is 21.7. The minimum atomic E-state index is -1.56. The van der Waals surface area contributed by atoms with Gasteiger partial charge in [0.2, 0.25) is 0 Å². The molecule has 3 aliphatic rings. The molecular formula is C21H30O8. The second kappa shape index (κ2) is 7.40. The molecule has 8 nitrogen and oxygen atoms in total. The van der Waals surface area contributed by atoms with Gasteiger partial charge in [0.1, 0.15) is 23.9 Å². The summed E-state index contributed by atoms with van der Waals surface area (Å²) in [6, 6.07) is 0.